The summed E-state index contributed by atoms with van der Waals surface area (Å²) in [6.45, 7) is 0. The number of halogens is 2. The number of guanidine groups is 1. The number of anilines is 2. The molecule has 0 aliphatic carbocycles. The Morgan fingerprint density at radius 3 is 2.44 bits per heavy atom. The number of nitrogens with one attached hydrogen (secondary N) is 3. The zero-order valence-corrected chi connectivity index (χ0v) is 15.4. The molecular formula is C15H16Cl2N4O3S. The molecule has 0 spiro atoms. The van der Waals surface area contributed by atoms with Gasteiger partial charge in [-0.25, -0.2) is 8.42 Å². The molecule has 0 saturated heterocycles. The number of hydrogen-bond acceptors (Lipinski definition) is 5. The van der Waals surface area contributed by atoms with Crippen molar-refractivity contribution >= 4 is 57.1 Å². The third kappa shape index (κ3) is 5.63. The lowest BCUT2D eigenvalue weighted by atomic mass is 10.2. The Kier molecular flexibility index (Phi) is 6.80. The van der Waals surface area contributed by atoms with Crippen molar-refractivity contribution in [1.82, 2.24) is 5.32 Å². The molecule has 0 bridgehead atoms. The molecular weight excluding hydrogens is 387 g/mol. The Labute approximate surface area is 156 Å². The van der Waals surface area contributed by atoms with Crippen molar-refractivity contribution in [3.05, 3.63) is 53.1 Å². The zero-order chi connectivity index (χ0) is 17.9. The van der Waals surface area contributed by atoms with E-state index in [2.05, 4.69) is 10.6 Å². The van der Waals surface area contributed by atoms with Crippen LogP contribution in [0.3, 0.4) is 0 Å². The molecule has 2 rings (SSSR count). The quantitative estimate of drug-likeness (QED) is 0.461. The average Bonchev–Trinajstić information content (AvgIpc) is 2.45. The molecule has 0 saturated carbocycles. The first kappa shape index (κ1) is 20.8. The fourth-order valence-electron chi connectivity index (χ4n) is 1.99. The highest BCUT2D eigenvalue weighted by Crippen LogP contribution is 2.27. The number of rotatable bonds is 4. The third-order valence-electron chi connectivity index (χ3n) is 3.00. The van der Waals surface area contributed by atoms with Crippen molar-refractivity contribution in [2.24, 2.45) is 5.73 Å². The van der Waals surface area contributed by atoms with Gasteiger partial charge in [0.2, 0.25) is 0 Å². The van der Waals surface area contributed by atoms with Gasteiger partial charge in [-0.15, -0.1) is 12.4 Å². The van der Waals surface area contributed by atoms with Crippen molar-refractivity contribution < 1.29 is 13.2 Å². The predicted molar refractivity (Wildman–Crippen MR) is 101 cm³/mol. The molecule has 0 radical (unpaired) electrons. The van der Waals surface area contributed by atoms with E-state index in [1.807, 2.05) is 0 Å². The molecule has 2 aromatic rings. The molecule has 10 heteroatoms. The number of hydrogen-bond donors (Lipinski definition) is 4. The van der Waals surface area contributed by atoms with Crippen molar-refractivity contribution in [1.29, 1.82) is 5.41 Å². The fraction of sp³-hybridized carbons (Fsp3) is 0.0667. The molecule has 0 unspecified atom stereocenters. The molecule has 5 N–H and O–H groups in total. The third-order valence-corrected chi connectivity index (χ3v) is 4.37. The molecule has 0 aliphatic rings. The van der Waals surface area contributed by atoms with Gasteiger partial charge in [0.15, 0.2) is 15.8 Å². The summed E-state index contributed by atoms with van der Waals surface area (Å²) in [6.07, 6.45) is 1.04. The summed E-state index contributed by atoms with van der Waals surface area (Å²) >= 11 is 5.91. The van der Waals surface area contributed by atoms with Gasteiger partial charge in [0.1, 0.15) is 0 Å². The molecule has 0 atom stereocenters. The SMILES string of the molecule is CS(=O)(=O)c1cc(C(=O)NC(=N)N)ccc1Nc1cccc(Cl)c1.Cl. The summed E-state index contributed by atoms with van der Waals surface area (Å²) < 4.78 is 24.1. The van der Waals surface area contributed by atoms with Crippen LogP contribution in [-0.2, 0) is 9.84 Å². The van der Waals surface area contributed by atoms with Gasteiger partial charge in [-0.05, 0) is 36.4 Å². The second-order valence-electron chi connectivity index (χ2n) is 4.99. The molecule has 1 amide bonds. The first-order chi connectivity index (χ1) is 11.2. The van der Waals surface area contributed by atoms with Crippen LogP contribution in [0.1, 0.15) is 10.4 Å². The van der Waals surface area contributed by atoms with Crippen molar-refractivity contribution in [2.45, 2.75) is 4.90 Å². The van der Waals surface area contributed by atoms with Crippen molar-refractivity contribution in [3.63, 3.8) is 0 Å². The Balaban J connectivity index is 0.00000312. The maximum atomic E-state index is 12.0. The molecule has 0 fully saturated rings. The first-order valence-electron chi connectivity index (χ1n) is 6.69. The van der Waals surface area contributed by atoms with Gasteiger partial charge in [0.05, 0.1) is 10.6 Å². The molecule has 0 aromatic heterocycles. The molecule has 25 heavy (non-hydrogen) atoms. The zero-order valence-electron chi connectivity index (χ0n) is 13.0. The summed E-state index contributed by atoms with van der Waals surface area (Å²) in [7, 11) is -3.61. The highest BCUT2D eigenvalue weighted by atomic mass is 35.5. The standard InChI is InChI=1S/C15H15ClN4O3S.ClH/c1-24(22,23)13-7-9(14(21)20-15(17)18)5-6-12(13)19-11-4-2-3-10(16)8-11;/h2-8,19H,1H3,(H4,17,18,20,21);1H. The second-order valence-corrected chi connectivity index (χ2v) is 7.41. The lowest BCUT2D eigenvalue weighted by Gasteiger charge is -2.13. The Hall–Kier alpha value is -2.29. The average molecular weight is 403 g/mol. The molecule has 7 nitrogen and oxygen atoms in total. The maximum Gasteiger partial charge on any atom is 0.257 e. The molecule has 0 heterocycles. The van der Waals surface area contributed by atoms with Gasteiger partial charge in [-0.3, -0.25) is 15.5 Å². The normalized spacial score (nSPS) is 10.5. The molecule has 2 aromatic carbocycles. The topological polar surface area (TPSA) is 125 Å². The summed E-state index contributed by atoms with van der Waals surface area (Å²) in [5.74, 6) is -1.19. The molecule has 134 valence electrons. The number of sulfone groups is 1. The maximum absolute atomic E-state index is 12.0. The lowest BCUT2D eigenvalue weighted by Crippen LogP contribution is -2.35. The van der Waals surface area contributed by atoms with Crippen LogP contribution in [0.5, 0.6) is 0 Å². The highest BCUT2D eigenvalue weighted by molar-refractivity contribution is 7.90. The number of carbonyl (C=O) groups is 1. The number of amides is 1. The van der Waals surface area contributed by atoms with E-state index >= 15 is 0 Å². The van der Waals surface area contributed by atoms with Crippen LogP contribution in [0.15, 0.2) is 47.4 Å². The van der Waals surface area contributed by atoms with E-state index in [4.69, 9.17) is 22.7 Å². The number of nitrogens with two attached hydrogens (primary N) is 1. The Morgan fingerprint density at radius 1 is 1.20 bits per heavy atom. The molecule has 0 aliphatic heterocycles. The largest absolute Gasteiger partial charge is 0.370 e. The van der Waals surface area contributed by atoms with E-state index < -0.39 is 21.7 Å². The van der Waals surface area contributed by atoms with Crippen LogP contribution < -0.4 is 16.4 Å². The fourth-order valence-corrected chi connectivity index (χ4v) is 3.04. The summed E-state index contributed by atoms with van der Waals surface area (Å²) in [6, 6.07) is 10.9. The minimum atomic E-state index is -3.61. The van der Waals surface area contributed by atoms with E-state index in [0.29, 0.717) is 16.4 Å². The van der Waals surface area contributed by atoms with Gasteiger partial charge in [-0.2, -0.15) is 0 Å². The van der Waals surface area contributed by atoms with E-state index in [1.165, 1.54) is 18.2 Å². The monoisotopic (exact) mass is 402 g/mol. The van der Waals surface area contributed by atoms with Crippen LogP contribution in [0.25, 0.3) is 0 Å². The Morgan fingerprint density at radius 2 is 1.88 bits per heavy atom. The summed E-state index contributed by atoms with van der Waals surface area (Å²) in [5, 5.41) is 12.6. The predicted octanol–water partition coefficient (Wildman–Crippen LogP) is 2.53. The van der Waals surface area contributed by atoms with Crippen LogP contribution in [0.4, 0.5) is 11.4 Å². The minimum Gasteiger partial charge on any atom is -0.370 e. The lowest BCUT2D eigenvalue weighted by molar-refractivity contribution is 0.0976. The smallest absolute Gasteiger partial charge is 0.257 e. The van der Waals surface area contributed by atoms with Gasteiger partial charge < -0.3 is 11.1 Å². The van der Waals surface area contributed by atoms with Crippen LogP contribution in [0, 0.1) is 5.41 Å². The summed E-state index contributed by atoms with van der Waals surface area (Å²) in [4.78, 5) is 11.8. The van der Waals surface area contributed by atoms with E-state index in [9.17, 15) is 13.2 Å². The van der Waals surface area contributed by atoms with Gasteiger partial charge in [0.25, 0.3) is 5.91 Å². The van der Waals surface area contributed by atoms with E-state index in [-0.39, 0.29) is 22.9 Å². The summed E-state index contributed by atoms with van der Waals surface area (Å²) in [5.41, 5.74) is 6.09. The second kappa shape index (κ2) is 8.19. The van der Waals surface area contributed by atoms with Crippen molar-refractivity contribution in [3.8, 4) is 0 Å². The van der Waals surface area contributed by atoms with Gasteiger partial charge >= 0.3 is 0 Å². The van der Waals surface area contributed by atoms with Crippen LogP contribution >= 0.6 is 24.0 Å². The van der Waals surface area contributed by atoms with Crippen LogP contribution in [-0.4, -0.2) is 26.5 Å². The van der Waals surface area contributed by atoms with E-state index in [1.54, 1.807) is 24.3 Å². The number of benzene rings is 2. The highest BCUT2D eigenvalue weighted by Gasteiger charge is 2.17. The minimum absolute atomic E-state index is 0. The van der Waals surface area contributed by atoms with Gasteiger partial charge in [0, 0.05) is 22.5 Å². The first-order valence-corrected chi connectivity index (χ1v) is 8.96. The van der Waals surface area contributed by atoms with Crippen LogP contribution in [0.2, 0.25) is 5.02 Å². The Bertz CT molecular complexity index is 917. The number of carbonyl (C=O) groups excluding carboxylic acids is 1. The van der Waals surface area contributed by atoms with Crippen molar-refractivity contribution in [2.75, 3.05) is 11.6 Å². The van der Waals surface area contributed by atoms with Gasteiger partial charge in [-0.1, -0.05) is 17.7 Å². The van der Waals surface area contributed by atoms with E-state index in [0.717, 1.165) is 6.26 Å².